The van der Waals surface area contributed by atoms with Crippen LogP contribution in [0.15, 0.2) is 0 Å². The molecule has 0 saturated heterocycles. The zero-order valence-electron chi connectivity index (χ0n) is 33.7. The minimum absolute atomic E-state index is 0.486. The second-order valence-electron chi connectivity index (χ2n) is 15.5. The molecule has 1 aromatic rings. The molecule has 0 unspecified atom stereocenters. The maximum atomic E-state index is 12.9. The highest BCUT2D eigenvalue weighted by molar-refractivity contribution is 5.89. The van der Waals surface area contributed by atoms with Crippen LogP contribution in [0.4, 0.5) is 0 Å². The van der Waals surface area contributed by atoms with Gasteiger partial charge in [0.05, 0.1) is 5.97 Å². The van der Waals surface area contributed by atoms with Crippen LogP contribution in [-0.2, 0) is 25.7 Å². The van der Waals surface area contributed by atoms with Crippen LogP contribution in [0.25, 0.3) is 0 Å². The summed E-state index contributed by atoms with van der Waals surface area (Å²) in [4.78, 5) is 18.2. The van der Waals surface area contributed by atoms with E-state index in [-0.39, 0.29) is 0 Å². The van der Waals surface area contributed by atoms with Gasteiger partial charge >= 0.3 is 0 Å². The lowest BCUT2D eigenvalue weighted by atomic mass is 9.88. The molecule has 0 saturated carbocycles. The molecular formula is C46H84NO2-. The average Bonchev–Trinajstić information content (AvgIpc) is 3.09. The first-order valence-electron chi connectivity index (χ1n) is 22.3. The predicted octanol–water partition coefficient (Wildman–Crippen LogP) is 14.2. The summed E-state index contributed by atoms with van der Waals surface area (Å²) in [6.07, 6.45) is 44.7. The quantitative estimate of drug-likeness (QED) is 0.0656. The normalized spacial score (nSPS) is 11.5. The molecular weight excluding hydrogens is 599 g/mol. The standard InChI is InChI=1S/C46H85NO2/c1-5-9-13-17-21-25-29-33-37-41-42(38-34-30-26-22-18-14-10-6-2)45(46(48)49)44(40-36-32-28-24-20-16-12-8-4)47-43(41)39-35-31-27-23-19-15-11-7-3/h5-40H2,1-4H3,(H,48,49)/p-1. The third-order valence-corrected chi connectivity index (χ3v) is 10.9. The highest BCUT2D eigenvalue weighted by Crippen LogP contribution is 2.28. The van der Waals surface area contributed by atoms with Crippen molar-refractivity contribution < 1.29 is 9.90 Å². The van der Waals surface area contributed by atoms with Gasteiger partial charge in [-0.2, -0.15) is 0 Å². The Morgan fingerprint density at radius 2 is 0.633 bits per heavy atom. The maximum Gasteiger partial charge on any atom is 0.0736 e. The molecule has 49 heavy (non-hydrogen) atoms. The SMILES string of the molecule is CCCCCCCCCCc1nc(CCCCCCCCCC)c(C(=O)[O-])c(CCCCCCCCCC)c1CCCCCCCCCC. The molecule has 1 rings (SSSR count). The highest BCUT2D eigenvalue weighted by atomic mass is 16.4. The van der Waals surface area contributed by atoms with E-state index in [9.17, 15) is 9.90 Å². The van der Waals surface area contributed by atoms with Crippen molar-refractivity contribution in [3.05, 3.63) is 28.1 Å². The van der Waals surface area contributed by atoms with Gasteiger partial charge in [0, 0.05) is 17.0 Å². The van der Waals surface area contributed by atoms with Gasteiger partial charge < -0.3 is 9.90 Å². The maximum absolute atomic E-state index is 12.9. The van der Waals surface area contributed by atoms with E-state index in [1.165, 1.54) is 197 Å². The minimum atomic E-state index is -0.979. The molecule has 0 fully saturated rings. The first-order chi connectivity index (χ1) is 24.1. The Balaban J connectivity index is 3.12. The molecule has 0 radical (unpaired) electrons. The molecule has 1 aromatic heterocycles. The number of aryl methyl sites for hydroxylation is 2. The van der Waals surface area contributed by atoms with Gasteiger partial charge in [-0.05, 0) is 62.5 Å². The van der Waals surface area contributed by atoms with Gasteiger partial charge in [-0.25, -0.2) is 0 Å². The minimum Gasteiger partial charge on any atom is -0.545 e. The largest absolute Gasteiger partial charge is 0.545 e. The summed E-state index contributed by atoms with van der Waals surface area (Å²) in [6.45, 7) is 9.12. The van der Waals surface area contributed by atoms with E-state index in [2.05, 4.69) is 27.7 Å². The number of rotatable bonds is 37. The highest BCUT2D eigenvalue weighted by Gasteiger charge is 2.20. The van der Waals surface area contributed by atoms with Crippen molar-refractivity contribution in [2.75, 3.05) is 0 Å². The predicted molar refractivity (Wildman–Crippen MR) is 214 cm³/mol. The van der Waals surface area contributed by atoms with Gasteiger partial charge in [0.1, 0.15) is 0 Å². The van der Waals surface area contributed by atoms with E-state index in [4.69, 9.17) is 4.98 Å². The van der Waals surface area contributed by atoms with Crippen molar-refractivity contribution in [3.8, 4) is 0 Å². The molecule has 0 spiro atoms. The van der Waals surface area contributed by atoms with Crippen molar-refractivity contribution in [3.63, 3.8) is 0 Å². The number of aromatic nitrogens is 1. The number of hydrogen-bond donors (Lipinski definition) is 0. The number of unbranched alkanes of at least 4 members (excludes halogenated alkanes) is 28. The Hall–Kier alpha value is -1.38. The Labute approximate surface area is 307 Å². The van der Waals surface area contributed by atoms with Gasteiger partial charge in [-0.15, -0.1) is 0 Å². The van der Waals surface area contributed by atoms with E-state index in [0.29, 0.717) is 5.56 Å². The second kappa shape index (κ2) is 33.7. The number of nitrogens with zero attached hydrogens (tertiary/aromatic N) is 1. The van der Waals surface area contributed by atoms with E-state index in [1.807, 2.05) is 0 Å². The topological polar surface area (TPSA) is 53.0 Å². The number of pyridine rings is 1. The zero-order valence-corrected chi connectivity index (χ0v) is 33.7. The molecule has 0 N–H and O–H groups in total. The van der Waals surface area contributed by atoms with Gasteiger partial charge in [0.15, 0.2) is 0 Å². The monoisotopic (exact) mass is 683 g/mol. The number of carboxylic acid groups (broad SMARTS) is 1. The van der Waals surface area contributed by atoms with Gasteiger partial charge in [-0.3, -0.25) is 4.98 Å². The summed E-state index contributed by atoms with van der Waals surface area (Å²) < 4.78 is 0. The van der Waals surface area contributed by atoms with Crippen LogP contribution in [0, 0.1) is 0 Å². The van der Waals surface area contributed by atoms with Gasteiger partial charge in [0.25, 0.3) is 0 Å². The van der Waals surface area contributed by atoms with Crippen molar-refractivity contribution in [1.82, 2.24) is 4.98 Å². The van der Waals surface area contributed by atoms with Crippen LogP contribution >= 0.6 is 0 Å². The van der Waals surface area contributed by atoms with E-state index in [0.717, 1.165) is 56.2 Å². The lowest BCUT2D eigenvalue weighted by molar-refractivity contribution is -0.255. The number of aromatic carboxylic acids is 1. The van der Waals surface area contributed by atoms with Crippen LogP contribution in [0.1, 0.15) is 266 Å². The Bertz CT molecular complexity index is 894. The summed E-state index contributed by atoms with van der Waals surface area (Å²) in [5.74, 6) is -0.979. The first-order valence-corrected chi connectivity index (χ1v) is 22.3. The molecule has 0 aliphatic rings. The number of carboxylic acids is 1. The molecule has 0 aliphatic carbocycles. The van der Waals surface area contributed by atoms with Crippen LogP contribution in [0.2, 0.25) is 0 Å². The van der Waals surface area contributed by atoms with E-state index >= 15 is 0 Å². The second-order valence-corrected chi connectivity index (χ2v) is 15.5. The summed E-state index contributed by atoms with van der Waals surface area (Å²) in [7, 11) is 0. The van der Waals surface area contributed by atoms with Crippen molar-refractivity contribution in [1.29, 1.82) is 0 Å². The third kappa shape index (κ3) is 23.7. The van der Waals surface area contributed by atoms with Crippen LogP contribution in [-0.4, -0.2) is 11.0 Å². The number of carbonyl (C=O) groups excluding carboxylic acids is 1. The molecule has 3 nitrogen and oxygen atoms in total. The average molecular weight is 683 g/mol. The van der Waals surface area contributed by atoms with Crippen LogP contribution in [0.3, 0.4) is 0 Å². The Morgan fingerprint density at radius 1 is 0.367 bits per heavy atom. The molecule has 0 amide bonds. The smallest absolute Gasteiger partial charge is 0.0736 e. The van der Waals surface area contributed by atoms with Gasteiger partial charge in [0.2, 0.25) is 0 Å². The lowest BCUT2D eigenvalue weighted by Crippen LogP contribution is -2.28. The van der Waals surface area contributed by atoms with Crippen molar-refractivity contribution in [2.45, 2.75) is 259 Å². The molecule has 0 aromatic carbocycles. The molecule has 0 bridgehead atoms. The molecule has 3 heteroatoms. The van der Waals surface area contributed by atoms with E-state index in [1.54, 1.807) is 0 Å². The Kier molecular flexibility index (Phi) is 31.4. The number of hydrogen-bond acceptors (Lipinski definition) is 3. The fourth-order valence-electron chi connectivity index (χ4n) is 7.71. The first kappa shape index (κ1) is 45.6. The molecule has 286 valence electrons. The third-order valence-electron chi connectivity index (χ3n) is 10.9. The summed E-state index contributed by atoms with van der Waals surface area (Å²) in [6, 6.07) is 0. The molecule has 1 heterocycles. The fraction of sp³-hybridized carbons (Fsp3) is 0.870. The summed E-state index contributed by atoms with van der Waals surface area (Å²) in [5, 5.41) is 12.9. The summed E-state index contributed by atoms with van der Waals surface area (Å²) in [5.41, 5.74) is 4.99. The summed E-state index contributed by atoms with van der Waals surface area (Å²) >= 11 is 0. The van der Waals surface area contributed by atoms with Gasteiger partial charge in [-0.1, -0.05) is 207 Å². The molecule has 0 atom stereocenters. The molecule has 0 aliphatic heterocycles. The van der Waals surface area contributed by atoms with Crippen molar-refractivity contribution >= 4 is 5.97 Å². The van der Waals surface area contributed by atoms with Crippen LogP contribution in [0.5, 0.6) is 0 Å². The number of carbonyl (C=O) groups is 1. The zero-order chi connectivity index (χ0) is 35.6. The van der Waals surface area contributed by atoms with Crippen LogP contribution < -0.4 is 5.11 Å². The Morgan fingerprint density at radius 3 is 0.959 bits per heavy atom. The van der Waals surface area contributed by atoms with Crippen molar-refractivity contribution in [2.24, 2.45) is 0 Å². The fourth-order valence-corrected chi connectivity index (χ4v) is 7.71. The lowest BCUT2D eigenvalue weighted by Gasteiger charge is -2.23. The van der Waals surface area contributed by atoms with E-state index < -0.39 is 5.97 Å².